The van der Waals surface area contributed by atoms with Crippen molar-refractivity contribution in [1.82, 2.24) is 0 Å². The number of hydrogen-bond donors (Lipinski definition) is 0. The van der Waals surface area contributed by atoms with E-state index in [4.69, 9.17) is 0 Å². The van der Waals surface area contributed by atoms with Gasteiger partial charge in [0.2, 0.25) is 0 Å². The number of aryl methyl sites for hydroxylation is 4. The Morgan fingerprint density at radius 2 is 1.05 bits per heavy atom. The summed E-state index contributed by atoms with van der Waals surface area (Å²) in [5.74, 6) is 0. The number of rotatable bonds is 2. The van der Waals surface area contributed by atoms with E-state index >= 15 is 0 Å². The van der Waals surface area contributed by atoms with Crippen LogP contribution in [0.1, 0.15) is 22.3 Å². The maximum absolute atomic E-state index is 2.30. The van der Waals surface area contributed by atoms with E-state index in [9.17, 15) is 0 Å². The molecule has 0 saturated heterocycles. The molecule has 3 rings (SSSR count). The highest BCUT2D eigenvalue weighted by Crippen LogP contribution is 2.30. The predicted molar refractivity (Wildman–Crippen MR) is 96.3 cm³/mol. The fraction of sp³-hybridized carbons (Fsp3) is 0.182. The smallest absolute Gasteiger partial charge is 0.0152 e. The van der Waals surface area contributed by atoms with Crippen LogP contribution in [-0.2, 0) is 0 Å². The van der Waals surface area contributed by atoms with Gasteiger partial charge in [-0.15, -0.1) is 0 Å². The van der Waals surface area contributed by atoms with E-state index in [2.05, 4.69) is 88.4 Å². The second-order valence-corrected chi connectivity index (χ2v) is 6.14. The third-order valence-electron chi connectivity index (χ3n) is 4.50. The Balaban J connectivity index is 2.06. The third kappa shape index (κ3) is 2.69. The third-order valence-corrected chi connectivity index (χ3v) is 4.50. The van der Waals surface area contributed by atoms with E-state index < -0.39 is 0 Å². The molecule has 0 nitrogen and oxygen atoms in total. The van der Waals surface area contributed by atoms with Crippen molar-refractivity contribution in [2.45, 2.75) is 27.7 Å². The lowest BCUT2D eigenvalue weighted by molar-refractivity contribution is 1.34. The van der Waals surface area contributed by atoms with Crippen LogP contribution in [0.15, 0.2) is 60.7 Å². The molecule has 0 aliphatic carbocycles. The Morgan fingerprint density at radius 3 is 1.68 bits per heavy atom. The Kier molecular flexibility index (Phi) is 3.85. The van der Waals surface area contributed by atoms with Gasteiger partial charge in [0.1, 0.15) is 0 Å². The zero-order valence-electron chi connectivity index (χ0n) is 13.8. The topological polar surface area (TPSA) is 0 Å². The highest BCUT2D eigenvalue weighted by Gasteiger charge is 2.07. The molecule has 0 unspecified atom stereocenters. The summed E-state index contributed by atoms with van der Waals surface area (Å²) in [6, 6.07) is 22.1. The van der Waals surface area contributed by atoms with Gasteiger partial charge in [-0.1, -0.05) is 60.7 Å². The first-order chi connectivity index (χ1) is 10.6. The van der Waals surface area contributed by atoms with Gasteiger partial charge in [-0.05, 0) is 72.2 Å². The molecule has 0 heteroatoms. The van der Waals surface area contributed by atoms with E-state index in [0.29, 0.717) is 0 Å². The minimum absolute atomic E-state index is 1.29. The quantitative estimate of drug-likeness (QED) is 0.522. The average Bonchev–Trinajstić information content (AvgIpc) is 2.51. The first-order valence-electron chi connectivity index (χ1n) is 7.80. The van der Waals surface area contributed by atoms with Crippen LogP contribution in [0.2, 0.25) is 0 Å². The second-order valence-electron chi connectivity index (χ2n) is 6.14. The van der Waals surface area contributed by atoms with Crippen LogP contribution in [-0.4, -0.2) is 0 Å². The molecule has 0 amide bonds. The minimum atomic E-state index is 1.29. The van der Waals surface area contributed by atoms with Crippen LogP contribution >= 0.6 is 0 Å². The molecule has 3 aromatic rings. The fourth-order valence-electron chi connectivity index (χ4n) is 2.94. The summed E-state index contributed by atoms with van der Waals surface area (Å²) < 4.78 is 0. The molecule has 3 aromatic carbocycles. The molecule has 0 spiro atoms. The van der Waals surface area contributed by atoms with Gasteiger partial charge in [0.05, 0.1) is 0 Å². The highest BCUT2D eigenvalue weighted by atomic mass is 14.1. The molecule has 0 aliphatic heterocycles. The van der Waals surface area contributed by atoms with Gasteiger partial charge < -0.3 is 0 Å². The number of hydrogen-bond acceptors (Lipinski definition) is 0. The lowest BCUT2D eigenvalue weighted by Gasteiger charge is -2.12. The summed E-state index contributed by atoms with van der Waals surface area (Å²) >= 11 is 0. The zero-order chi connectivity index (χ0) is 15.7. The molecule has 0 bridgehead atoms. The summed E-state index contributed by atoms with van der Waals surface area (Å²) in [5, 5.41) is 0. The van der Waals surface area contributed by atoms with E-state index in [1.807, 2.05) is 0 Å². The SMILES string of the molecule is Cc1ccc(-c2ccc(-c3ccccc3C)c(C)c2)cc1C. The van der Waals surface area contributed by atoms with E-state index in [-0.39, 0.29) is 0 Å². The molecule has 0 fully saturated rings. The Labute approximate surface area is 133 Å². The summed E-state index contributed by atoms with van der Waals surface area (Å²) in [6.45, 7) is 8.71. The monoisotopic (exact) mass is 286 g/mol. The van der Waals surface area contributed by atoms with Crippen LogP contribution in [0.3, 0.4) is 0 Å². The van der Waals surface area contributed by atoms with Crippen LogP contribution in [0.5, 0.6) is 0 Å². The van der Waals surface area contributed by atoms with Crippen molar-refractivity contribution in [2.75, 3.05) is 0 Å². The molecule has 22 heavy (non-hydrogen) atoms. The molecule has 0 radical (unpaired) electrons. The van der Waals surface area contributed by atoms with E-state index in [1.165, 1.54) is 44.5 Å². The molecular formula is C22H22. The molecule has 0 saturated carbocycles. The molecule has 0 heterocycles. The Morgan fingerprint density at radius 1 is 0.455 bits per heavy atom. The van der Waals surface area contributed by atoms with Crippen molar-refractivity contribution >= 4 is 0 Å². The Hall–Kier alpha value is -2.34. The molecule has 0 aliphatic rings. The first-order valence-corrected chi connectivity index (χ1v) is 7.80. The molecule has 0 N–H and O–H groups in total. The maximum Gasteiger partial charge on any atom is -0.0152 e. The van der Waals surface area contributed by atoms with Crippen LogP contribution in [0, 0.1) is 27.7 Å². The lowest BCUT2D eigenvalue weighted by Crippen LogP contribution is -1.89. The average molecular weight is 286 g/mol. The van der Waals surface area contributed by atoms with Crippen molar-refractivity contribution in [2.24, 2.45) is 0 Å². The van der Waals surface area contributed by atoms with Gasteiger partial charge >= 0.3 is 0 Å². The first kappa shape index (κ1) is 14.6. The van der Waals surface area contributed by atoms with Crippen molar-refractivity contribution in [3.8, 4) is 22.3 Å². The summed E-state index contributed by atoms with van der Waals surface area (Å²) in [6.07, 6.45) is 0. The molecule has 110 valence electrons. The maximum atomic E-state index is 2.30. The van der Waals surface area contributed by atoms with Gasteiger partial charge in [-0.3, -0.25) is 0 Å². The minimum Gasteiger partial charge on any atom is -0.0620 e. The second kappa shape index (κ2) is 5.81. The van der Waals surface area contributed by atoms with Gasteiger partial charge in [-0.25, -0.2) is 0 Å². The highest BCUT2D eigenvalue weighted by molar-refractivity contribution is 5.75. The summed E-state index contributed by atoms with van der Waals surface area (Å²) in [5.41, 5.74) is 10.6. The van der Waals surface area contributed by atoms with Crippen LogP contribution in [0.4, 0.5) is 0 Å². The fourth-order valence-corrected chi connectivity index (χ4v) is 2.94. The van der Waals surface area contributed by atoms with E-state index in [1.54, 1.807) is 0 Å². The number of benzene rings is 3. The molecular weight excluding hydrogens is 264 g/mol. The van der Waals surface area contributed by atoms with Gasteiger partial charge in [0, 0.05) is 0 Å². The van der Waals surface area contributed by atoms with Crippen molar-refractivity contribution in [3.63, 3.8) is 0 Å². The van der Waals surface area contributed by atoms with Crippen molar-refractivity contribution < 1.29 is 0 Å². The zero-order valence-corrected chi connectivity index (χ0v) is 13.8. The van der Waals surface area contributed by atoms with Crippen molar-refractivity contribution in [3.05, 3.63) is 82.9 Å². The predicted octanol–water partition coefficient (Wildman–Crippen LogP) is 6.25. The van der Waals surface area contributed by atoms with Gasteiger partial charge in [0.25, 0.3) is 0 Å². The lowest BCUT2D eigenvalue weighted by atomic mass is 9.93. The normalized spacial score (nSPS) is 10.7. The Bertz CT molecular complexity index is 825. The van der Waals surface area contributed by atoms with Crippen molar-refractivity contribution in [1.29, 1.82) is 0 Å². The van der Waals surface area contributed by atoms with E-state index in [0.717, 1.165) is 0 Å². The van der Waals surface area contributed by atoms with Crippen LogP contribution < -0.4 is 0 Å². The van der Waals surface area contributed by atoms with Gasteiger partial charge in [-0.2, -0.15) is 0 Å². The summed E-state index contributed by atoms with van der Waals surface area (Å²) in [7, 11) is 0. The largest absolute Gasteiger partial charge is 0.0620 e. The molecule has 0 aromatic heterocycles. The standard InChI is InChI=1S/C22H22/c1-15-9-10-19(13-17(15)3)20-11-12-22(18(4)14-20)21-8-6-5-7-16(21)2/h5-14H,1-4H3. The van der Waals surface area contributed by atoms with Gasteiger partial charge in [0.15, 0.2) is 0 Å². The van der Waals surface area contributed by atoms with Crippen LogP contribution in [0.25, 0.3) is 22.3 Å². The summed E-state index contributed by atoms with van der Waals surface area (Å²) in [4.78, 5) is 0. The molecule has 0 atom stereocenters.